The lowest BCUT2D eigenvalue weighted by atomic mass is 10.0. The number of benzene rings is 1. The van der Waals surface area contributed by atoms with Crippen molar-refractivity contribution >= 4 is 11.2 Å². The average molecular weight is 372 g/mol. The van der Waals surface area contributed by atoms with Gasteiger partial charge in [0.1, 0.15) is 12.1 Å². The van der Waals surface area contributed by atoms with E-state index < -0.39 is 0 Å². The van der Waals surface area contributed by atoms with Crippen LogP contribution >= 0.6 is 0 Å². The molecule has 28 heavy (non-hydrogen) atoms. The molecule has 1 aromatic carbocycles. The summed E-state index contributed by atoms with van der Waals surface area (Å²) in [5.41, 5.74) is 3.98. The summed E-state index contributed by atoms with van der Waals surface area (Å²) >= 11 is 0. The molecule has 4 rings (SSSR count). The van der Waals surface area contributed by atoms with Gasteiger partial charge in [0.25, 0.3) is 0 Å². The van der Waals surface area contributed by atoms with Crippen LogP contribution in [-0.2, 0) is 0 Å². The Morgan fingerprint density at radius 2 is 1.96 bits per heavy atom. The van der Waals surface area contributed by atoms with Crippen molar-refractivity contribution in [2.45, 2.75) is 32.2 Å². The quantitative estimate of drug-likeness (QED) is 0.658. The molecule has 0 radical (unpaired) electrons. The topological polar surface area (TPSA) is 51.1 Å². The number of rotatable bonds is 3. The standard InChI is InChI=1S/C23H24N4O/c1-17-8-10-18(11-9-17)12-13-21-23(26-20-7-5-14-24-22(20)25-21)28-16-19-6-3-4-15-27(19)2/h5,7-11,14,19H,3-4,6,15-16H2,1-2H3. The number of likely N-dealkylation sites (tertiary alicyclic amines) is 1. The first-order valence-corrected chi connectivity index (χ1v) is 9.73. The van der Waals surface area contributed by atoms with Crippen LogP contribution in [0, 0.1) is 18.8 Å². The first-order valence-electron chi connectivity index (χ1n) is 9.73. The highest BCUT2D eigenvalue weighted by molar-refractivity contribution is 5.71. The lowest BCUT2D eigenvalue weighted by molar-refractivity contribution is 0.122. The largest absolute Gasteiger partial charge is 0.474 e. The molecule has 3 aromatic rings. The Balaban J connectivity index is 1.63. The van der Waals surface area contributed by atoms with Gasteiger partial charge >= 0.3 is 0 Å². The van der Waals surface area contributed by atoms with Crippen molar-refractivity contribution in [3.05, 3.63) is 59.4 Å². The van der Waals surface area contributed by atoms with Gasteiger partial charge in [0.05, 0.1) is 0 Å². The number of hydrogen-bond acceptors (Lipinski definition) is 5. The first-order chi connectivity index (χ1) is 13.7. The molecule has 3 heterocycles. The summed E-state index contributed by atoms with van der Waals surface area (Å²) in [4.78, 5) is 15.9. The molecule has 5 nitrogen and oxygen atoms in total. The van der Waals surface area contributed by atoms with Gasteiger partial charge in [-0.3, -0.25) is 0 Å². The van der Waals surface area contributed by atoms with Crippen LogP contribution in [0.15, 0.2) is 42.6 Å². The van der Waals surface area contributed by atoms with E-state index >= 15 is 0 Å². The molecule has 0 bridgehead atoms. The highest BCUT2D eigenvalue weighted by atomic mass is 16.5. The van der Waals surface area contributed by atoms with Crippen LogP contribution < -0.4 is 4.74 Å². The molecule has 1 unspecified atom stereocenters. The van der Waals surface area contributed by atoms with Gasteiger partial charge in [-0.05, 0) is 63.5 Å². The normalized spacial score (nSPS) is 17.1. The number of fused-ring (bicyclic) bond motifs is 1. The fourth-order valence-corrected chi connectivity index (χ4v) is 3.36. The van der Waals surface area contributed by atoms with E-state index in [1.807, 2.05) is 36.4 Å². The molecule has 1 aliphatic rings. The molecule has 2 aromatic heterocycles. The van der Waals surface area contributed by atoms with Gasteiger partial charge in [-0.2, -0.15) is 0 Å². The number of aromatic nitrogens is 3. The van der Waals surface area contributed by atoms with Gasteiger partial charge in [-0.1, -0.05) is 30.0 Å². The molecule has 0 amide bonds. The summed E-state index contributed by atoms with van der Waals surface area (Å²) < 4.78 is 6.12. The van der Waals surface area contributed by atoms with E-state index in [9.17, 15) is 0 Å². The van der Waals surface area contributed by atoms with E-state index in [4.69, 9.17) is 4.74 Å². The molecule has 0 N–H and O–H groups in total. The summed E-state index contributed by atoms with van der Waals surface area (Å²) in [6.07, 6.45) is 5.35. The van der Waals surface area contributed by atoms with Crippen molar-refractivity contribution < 1.29 is 4.74 Å². The fraction of sp³-hybridized carbons (Fsp3) is 0.348. The Morgan fingerprint density at radius 3 is 2.79 bits per heavy atom. The van der Waals surface area contributed by atoms with Crippen LogP contribution in [0.2, 0.25) is 0 Å². The summed E-state index contributed by atoms with van der Waals surface area (Å²) in [5.74, 6) is 6.79. The number of piperidine rings is 1. The molecule has 142 valence electrons. The van der Waals surface area contributed by atoms with Crippen LogP contribution in [-0.4, -0.2) is 46.1 Å². The number of hydrogen-bond donors (Lipinski definition) is 0. The minimum absolute atomic E-state index is 0.401. The average Bonchev–Trinajstić information content (AvgIpc) is 2.72. The molecule has 1 saturated heterocycles. The fourth-order valence-electron chi connectivity index (χ4n) is 3.36. The van der Waals surface area contributed by atoms with Gasteiger partial charge in [0, 0.05) is 17.8 Å². The van der Waals surface area contributed by atoms with E-state index in [-0.39, 0.29) is 0 Å². The third-order valence-electron chi connectivity index (χ3n) is 5.12. The molecule has 1 aliphatic heterocycles. The van der Waals surface area contributed by atoms with E-state index in [1.165, 1.54) is 18.4 Å². The van der Waals surface area contributed by atoms with Crippen molar-refractivity contribution in [3.63, 3.8) is 0 Å². The van der Waals surface area contributed by atoms with Crippen LogP contribution in [0.1, 0.15) is 36.1 Å². The molecule has 0 spiro atoms. The predicted octanol–water partition coefficient (Wildman–Crippen LogP) is 3.60. The zero-order valence-electron chi connectivity index (χ0n) is 16.4. The number of pyridine rings is 1. The van der Waals surface area contributed by atoms with Gasteiger partial charge in [-0.15, -0.1) is 0 Å². The second-order valence-corrected chi connectivity index (χ2v) is 7.28. The maximum atomic E-state index is 6.12. The Bertz CT molecular complexity index is 1020. The van der Waals surface area contributed by atoms with E-state index in [1.54, 1.807) is 6.20 Å². The van der Waals surface area contributed by atoms with Gasteiger partial charge < -0.3 is 9.64 Å². The van der Waals surface area contributed by atoms with Crippen molar-refractivity contribution in [2.75, 3.05) is 20.2 Å². The van der Waals surface area contributed by atoms with Crippen LogP contribution in [0.25, 0.3) is 11.2 Å². The second-order valence-electron chi connectivity index (χ2n) is 7.28. The first kappa shape index (κ1) is 18.4. The summed E-state index contributed by atoms with van der Waals surface area (Å²) in [7, 11) is 2.15. The number of nitrogens with zero attached hydrogens (tertiary/aromatic N) is 4. The van der Waals surface area contributed by atoms with Crippen molar-refractivity contribution in [2.24, 2.45) is 0 Å². The zero-order chi connectivity index (χ0) is 19.3. The lowest BCUT2D eigenvalue weighted by Gasteiger charge is -2.32. The summed E-state index contributed by atoms with van der Waals surface area (Å²) in [6.45, 7) is 3.77. The monoisotopic (exact) mass is 372 g/mol. The Kier molecular flexibility index (Phi) is 5.50. The van der Waals surface area contributed by atoms with E-state index in [2.05, 4.69) is 45.7 Å². The number of likely N-dealkylation sites (N-methyl/N-ethyl adjacent to an activating group) is 1. The zero-order valence-corrected chi connectivity index (χ0v) is 16.4. The highest BCUT2D eigenvalue weighted by Crippen LogP contribution is 2.20. The minimum Gasteiger partial charge on any atom is -0.474 e. The molecular weight excluding hydrogens is 348 g/mol. The summed E-state index contributed by atoms with van der Waals surface area (Å²) in [5, 5.41) is 0. The van der Waals surface area contributed by atoms with Crippen LogP contribution in [0.3, 0.4) is 0 Å². The van der Waals surface area contributed by atoms with Gasteiger partial charge in [0.15, 0.2) is 11.3 Å². The van der Waals surface area contributed by atoms with Crippen LogP contribution in [0.4, 0.5) is 0 Å². The lowest BCUT2D eigenvalue weighted by Crippen LogP contribution is -2.40. The number of ether oxygens (including phenoxy) is 1. The molecule has 1 fully saturated rings. The maximum absolute atomic E-state index is 6.12. The molecule has 1 atom stereocenters. The molecular formula is C23H24N4O. The second kappa shape index (κ2) is 8.37. The molecule has 5 heteroatoms. The highest BCUT2D eigenvalue weighted by Gasteiger charge is 2.20. The SMILES string of the molecule is Cc1ccc(C#Cc2nc3ncccc3nc2OCC2CCCCN2C)cc1. The molecule has 0 aliphatic carbocycles. The number of aryl methyl sites for hydroxylation is 1. The van der Waals surface area contributed by atoms with Gasteiger partial charge in [0.2, 0.25) is 5.88 Å². The minimum atomic E-state index is 0.401. The van der Waals surface area contributed by atoms with Crippen molar-refractivity contribution in [1.82, 2.24) is 19.9 Å². The third kappa shape index (κ3) is 4.29. The Labute approximate surface area is 165 Å². The predicted molar refractivity (Wildman–Crippen MR) is 110 cm³/mol. The van der Waals surface area contributed by atoms with Crippen molar-refractivity contribution in [3.8, 4) is 17.7 Å². The maximum Gasteiger partial charge on any atom is 0.249 e. The molecule has 0 saturated carbocycles. The van der Waals surface area contributed by atoms with Gasteiger partial charge in [-0.25, -0.2) is 15.0 Å². The van der Waals surface area contributed by atoms with E-state index in [0.29, 0.717) is 29.9 Å². The van der Waals surface area contributed by atoms with Crippen molar-refractivity contribution in [1.29, 1.82) is 0 Å². The summed E-state index contributed by atoms with van der Waals surface area (Å²) in [6, 6.07) is 12.3. The van der Waals surface area contributed by atoms with E-state index in [0.717, 1.165) is 24.0 Å². The van der Waals surface area contributed by atoms with Crippen LogP contribution in [0.5, 0.6) is 5.88 Å². The smallest absolute Gasteiger partial charge is 0.249 e. The third-order valence-corrected chi connectivity index (χ3v) is 5.12. The Hall–Kier alpha value is -2.97. The Morgan fingerprint density at radius 1 is 1.11 bits per heavy atom.